The topological polar surface area (TPSA) is 217 Å². The van der Waals surface area contributed by atoms with Crippen LogP contribution in [-0.4, -0.2) is 145 Å². The first kappa shape index (κ1) is 57.8. The number of methoxy groups -OCH3 is 3. The molecule has 1 saturated carbocycles. The molecule has 16 atom stereocenters. The summed E-state index contributed by atoms with van der Waals surface area (Å²) in [5.41, 5.74) is 1.26. The highest BCUT2D eigenvalue weighted by atomic mass is 16.7. The zero-order valence-electron chi connectivity index (χ0n) is 43.1. The highest BCUT2D eigenvalue weighted by Gasteiger charge is 2.56. The van der Waals surface area contributed by atoms with Crippen molar-refractivity contribution in [1.29, 1.82) is 0 Å². The lowest BCUT2D eigenvalue weighted by atomic mass is 9.78. The van der Waals surface area contributed by atoms with Crippen molar-refractivity contribution in [2.45, 2.75) is 186 Å². The van der Waals surface area contributed by atoms with Gasteiger partial charge in [-0.2, -0.15) is 0 Å². The van der Waals surface area contributed by atoms with Crippen LogP contribution in [0.25, 0.3) is 0 Å². The van der Waals surface area contributed by atoms with E-state index in [1.54, 1.807) is 41.1 Å². The van der Waals surface area contributed by atoms with Crippen LogP contribution in [0, 0.1) is 35.5 Å². The molecule has 0 aromatic rings. The van der Waals surface area contributed by atoms with Gasteiger partial charge < -0.3 is 54.0 Å². The van der Waals surface area contributed by atoms with Gasteiger partial charge in [0.1, 0.15) is 30.1 Å². The third-order valence-electron chi connectivity index (χ3n) is 15.1. The molecule has 390 valence electrons. The number of carbonyl (C=O) groups excluding carboxylic acids is 5. The number of allylic oxidation sites excluding steroid dienone is 6. The fourth-order valence-electron chi connectivity index (χ4n) is 10.5. The number of Topliss-reactive ketones (excluding diaryl/α,β-unsaturated/α-hetero) is 2. The molecule has 0 aromatic heterocycles. The zero-order valence-corrected chi connectivity index (χ0v) is 43.1. The molecule has 3 fully saturated rings. The maximum Gasteiger partial charge on any atom is 0.407 e. The van der Waals surface area contributed by atoms with Gasteiger partial charge >= 0.3 is 12.1 Å². The number of cyclic esters (lactones) is 1. The second-order valence-corrected chi connectivity index (χ2v) is 20.4. The van der Waals surface area contributed by atoms with Gasteiger partial charge in [0.25, 0.3) is 5.91 Å². The summed E-state index contributed by atoms with van der Waals surface area (Å²) in [4.78, 5) is 71.8. The van der Waals surface area contributed by atoms with Gasteiger partial charge in [0.05, 0.1) is 24.4 Å². The van der Waals surface area contributed by atoms with E-state index in [4.69, 9.17) is 28.4 Å². The van der Waals surface area contributed by atoms with Gasteiger partial charge in [0, 0.05) is 65.5 Å². The molecular formula is C53H84N2O14. The highest BCUT2D eigenvalue weighted by Crippen LogP contribution is 2.40. The number of hydrogen-bond acceptors (Lipinski definition) is 14. The summed E-state index contributed by atoms with van der Waals surface area (Å²) >= 11 is 0. The molecular weight excluding hydrogens is 889 g/mol. The third kappa shape index (κ3) is 15.6. The molecule has 4 N–H and O–H groups in total. The lowest BCUT2D eigenvalue weighted by Gasteiger charge is -2.47. The molecule has 1 aliphatic carbocycles. The fraction of sp³-hybridized carbons (Fsp3) is 0.755. The van der Waals surface area contributed by atoms with Crippen molar-refractivity contribution in [3.8, 4) is 0 Å². The van der Waals surface area contributed by atoms with Crippen LogP contribution in [0.4, 0.5) is 4.79 Å². The lowest BCUT2D eigenvalue weighted by molar-refractivity contribution is -0.316. The number of esters is 1. The van der Waals surface area contributed by atoms with Crippen LogP contribution in [0.5, 0.6) is 0 Å². The molecule has 0 radical (unpaired) electrons. The zero-order chi connectivity index (χ0) is 51.2. The normalized spacial score (nSPS) is 39.7. The number of alkyl carbamates (subject to hydrolysis) is 1. The molecule has 16 heteroatoms. The molecule has 1 unspecified atom stereocenters. The van der Waals surface area contributed by atoms with E-state index in [1.807, 2.05) is 58.1 Å². The van der Waals surface area contributed by atoms with Crippen LogP contribution in [0.1, 0.15) is 126 Å². The summed E-state index contributed by atoms with van der Waals surface area (Å²) in [6.45, 7) is 12.8. The Balaban J connectivity index is 1.77. The Morgan fingerprint density at radius 2 is 1.62 bits per heavy atom. The van der Waals surface area contributed by atoms with Gasteiger partial charge in [-0.25, -0.2) is 9.59 Å². The molecule has 4 aliphatic rings. The van der Waals surface area contributed by atoms with Gasteiger partial charge in [-0.1, -0.05) is 71.1 Å². The standard InChI is InChI=1S/C53H84N2O14/c1-31-17-13-12-14-18-32(2)43(64-9)29-39-22-20-37(7)53(63,69-39)49(68-52(62)54-8)50(60)55-24-16-15-19-40(55)51(61)67-44(34(4)27-38-21-23-41(56)45(28-38)65-10)30-42(57)33(3)26-36(6)47(59)48(66-11)46(58)35(5)25-31/h12-14,17-18,26,31,33-35,37-41,43-45,47-49,56,59,63H,15-16,19-25,27-30H2,1-11H3,(H,54,62)/b14-12+,17-13+,32-18+,36-26+/t31-,33-,34-,35-,37-,38+,39+,40?,41-,43+,44+,45-,47-,48+,49+,53-/m1/s1. The van der Waals surface area contributed by atoms with Crippen molar-refractivity contribution < 1.29 is 67.7 Å². The third-order valence-corrected chi connectivity index (χ3v) is 15.1. The first-order valence-electron chi connectivity index (χ1n) is 25.2. The molecule has 3 aliphatic heterocycles. The number of rotatable bonds is 7. The van der Waals surface area contributed by atoms with Crippen molar-refractivity contribution >= 4 is 29.5 Å². The van der Waals surface area contributed by atoms with Gasteiger partial charge in [0.2, 0.25) is 11.9 Å². The van der Waals surface area contributed by atoms with Gasteiger partial charge in [0.15, 0.2) is 5.78 Å². The Morgan fingerprint density at radius 3 is 2.29 bits per heavy atom. The number of ether oxygens (including phenoxy) is 6. The van der Waals surface area contributed by atoms with Gasteiger partial charge in [-0.3, -0.25) is 14.4 Å². The van der Waals surface area contributed by atoms with Crippen LogP contribution >= 0.6 is 0 Å². The largest absolute Gasteiger partial charge is 0.460 e. The van der Waals surface area contributed by atoms with E-state index in [2.05, 4.69) is 5.32 Å². The number of carbonyl (C=O) groups is 5. The quantitative estimate of drug-likeness (QED) is 0.162. The summed E-state index contributed by atoms with van der Waals surface area (Å²) in [6.07, 6.45) is 8.25. The first-order valence-corrected chi connectivity index (χ1v) is 25.2. The molecule has 69 heavy (non-hydrogen) atoms. The maximum atomic E-state index is 14.9. The van der Waals surface area contributed by atoms with E-state index < -0.39 is 90.3 Å². The molecule has 4 rings (SSSR count). The predicted molar refractivity (Wildman–Crippen MR) is 259 cm³/mol. The highest BCUT2D eigenvalue weighted by molar-refractivity contribution is 5.90. The number of piperidine rings is 1. The van der Waals surface area contributed by atoms with Crippen molar-refractivity contribution in [2.24, 2.45) is 35.5 Å². The van der Waals surface area contributed by atoms with Crippen LogP contribution in [0.3, 0.4) is 0 Å². The maximum absolute atomic E-state index is 14.9. The number of aliphatic hydroxyl groups excluding tert-OH is 2. The van der Waals surface area contributed by atoms with Crippen molar-refractivity contribution in [2.75, 3.05) is 34.9 Å². The monoisotopic (exact) mass is 973 g/mol. The number of nitrogens with one attached hydrogen (secondary N) is 1. The Kier molecular flexibility index (Phi) is 22.8. The molecule has 0 spiro atoms. The van der Waals surface area contributed by atoms with Crippen LogP contribution in [-0.2, 0) is 47.6 Å². The average molecular weight is 973 g/mol. The second kappa shape index (κ2) is 27.2. The summed E-state index contributed by atoms with van der Waals surface area (Å²) in [7, 11) is 5.87. The number of nitrogens with zero attached hydrogens (tertiary/aromatic N) is 1. The number of aliphatic hydroxyl groups is 3. The Morgan fingerprint density at radius 1 is 0.899 bits per heavy atom. The Bertz CT molecular complexity index is 1850. The average Bonchev–Trinajstić information content (AvgIpc) is 3.32. The van der Waals surface area contributed by atoms with Crippen LogP contribution in [0.2, 0.25) is 0 Å². The minimum atomic E-state index is -2.28. The molecule has 3 heterocycles. The molecule has 2 bridgehead atoms. The van der Waals surface area contributed by atoms with E-state index in [0.29, 0.717) is 69.8 Å². The number of hydrogen-bond donors (Lipinski definition) is 4. The summed E-state index contributed by atoms with van der Waals surface area (Å²) in [6, 6.07) is -1.14. The SMILES string of the molecule is CNC(=O)O[C@H]1C(=O)N2CCCCC2C(=O)O[C@H]([C@H](C)C[C@@H]2CC[C@@H](O)[C@H](OC)C2)CC(=O)[C@H](C)/C=C(\C)[C@@H](O)[C@@H](OC)C(=O)[C@H](C)C[C@H](C)/C=C/C=C/C=C(\C)[C@@H](OC)C[C@@H]2CC[C@@H](C)[C@@]1(O)O2. The minimum absolute atomic E-state index is 0.00866. The smallest absolute Gasteiger partial charge is 0.407 e. The predicted octanol–water partition coefficient (Wildman–Crippen LogP) is 6.34. The van der Waals surface area contributed by atoms with Gasteiger partial charge in [-0.05, 0) is 107 Å². The molecule has 2 amide bonds. The van der Waals surface area contributed by atoms with E-state index >= 15 is 0 Å². The summed E-state index contributed by atoms with van der Waals surface area (Å²) in [5, 5.41) is 36.9. The van der Waals surface area contributed by atoms with Crippen LogP contribution < -0.4 is 5.32 Å². The number of amides is 2. The van der Waals surface area contributed by atoms with E-state index in [0.717, 1.165) is 5.57 Å². The van der Waals surface area contributed by atoms with E-state index in [9.17, 15) is 39.3 Å². The van der Waals surface area contributed by atoms with Crippen molar-refractivity contribution in [1.82, 2.24) is 10.2 Å². The molecule has 2 saturated heterocycles. The summed E-state index contributed by atoms with van der Waals surface area (Å²) in [5.74, 6) is -6.48. The Hall–Kier alpha value is -3.77. The fourth-order valence-corrected chi connectivity index (χ4v) is 10.5. The Labute approximate surface area is 410 Å². The molecule has 0 aromatic carbocycles. The van der Waals surface area contributed by atoms with E-state index in [1.165, 1.54) is 19.1 Å². The second-order valence-electron chi connectivity index (χ2n) is 20.4. The van der Waals surface area contributed by atoms with Crippen LogP contribution in [0.15, 0.2) is 47.6 Å². The van der Waals surface area contributed by atoms with Crippen molar-refractivity contribution in [3.05, 3.63) is 47.6 Å². The lowest BCUT2D eigenvalue weighted by Crippen LogP contribution is -2.64. The van der Waals surface area contributed by atoms with E-state index in [-0.39, 0.29) is 54.8 Å². The van der Waals surface area contributed by atoms with Crippen molar-refractivity contribution in [3.63, 3.8) is 0 Å². The number of ketones is 2. The first-order chi connectivity index (χ1) is 32.7. The minimum Gasteiger partial charge on any atom is -0.460 e. The van der Waals surface area contributed by atoms with Gasteiger partial charge in [-0.15, -0.1) is 0 Å². The molecule has 16 nitrogen and oxygen atoms in total. The number of fused-ring (bicyclic) bond motifs is 3. The summed E-state index contributed by atoms with van der Waals surface area (Å²) < 4.78 is 35.6.